The average molecular weight is 398 g/mol. The van der Waals surface area contributed by atoms with E-state index in [1.165, 1.54) is 24.9 Å². The maximum Gasteiger partial charge on any atom is 0.276 e. The van der Waals surface area contributed by atoms with Gasteiger partial charge in [-0.15, -0.1) is 10.2 Å². The van der Waals surface area contributed by atoms with Gasteiger partial charge in [0, 0.05) is 24.5 Å². The van der Waals surface area contributed by atoms with Crippen LogP contribution in [0.4, 0.5) is 22.9 Å². The Labute approximate surface area is 175 Å². The minimum atomic E-state index is -0.414. The normalized spacial score (nSPS) is 13.4. The molecule has 2 heterocycles. The number of nitrogens with zero attached hydrogens (tertiary/aromatic N) is 4. The van der Waals surface area contributed by atoms with Crippen molar-refractivity contribution in [3.05, 3.63) is 71.9 Å². The van der Waals surface area contributed by atoms with Crippen LogP contribution in [0.2, 0.25) is 0 Å². The zero-order chi connectivity index (χ0) is 20.8. The molecule has 0 spiro atoms. The fourth-order valence-corrected chi connectivity index (χ4v) is 3.45. The molecule has 0 atom stereocenters. The van der Waals surface area contributed by atoms with Gasteiger partial charge in [0.1, 0.15) is 6.07 Å². The van der Waals surface area contributed by atoms with Gasteiger partial charge in [0.15, 0.2) is 11.5 Å². The molecule has 1 aliphatic heterocycles. The van der Waals surface area contributed by atoms with Crippen LogP contribution in [0.5, 0.6) is 0 Å². The number of benzene rings is 2. The Bertz CT molecular complexity index is 1050. The molecule has 4 rings (SSSR count). The number of rotatable bonds is 5. The monoisotopic (exact) mass is 398 g/mol. The van der Waals surface area contributed by atoms with E-state index in [0.717, 1.165) is 18.8 Å². The fraction of sp³-hybridized carbons (Fsp3) is 0.217. The average Bonchev–Trinajstić information content (AvgIpc) is 2.81. The molecule has 1 saturated heterocycles. The van der Waals surface area contributed by atoms with Crippen molar-refractivity contribution in [1.29, 1.82) is 5.26 Å². The first-order valence-electron chi connectivity index (χ1n) is 9.99. The molecule has 150 valence electrons. The third-order valence-electron chi connectivity index (χ3n) is 5.05. The summed E-state index contributed by atoms with van der Waals surface area (Å²) in [6, 6.07) is 20.4. The highest BCUT2D eigenvalue weighted by Crippen LogP contribution is 2.23. The van der Waals surface area contributed by atoms with Crippen LogP contribution in [0.15, 0.2) is 60.7 Å². The summed E-state index contributed by atoms with van der Waals surface area (Å²) in [5, 5.41) is 23.1. The Morgan fingerprint density at radius 1 is 0.933 bits per heavy atom. The maximum atomic E-state index is 12.4. The highest BCUT2D eigenvalue weighted by molar-refractivity contribution is 6.03. The number of amides is 1. The van der Waals surface area contributed by atoms with E-state index in [4.69, 9.17) is 5.26 Å². The third-order valence-corrected chi connectivity index (χ3v) is 5.05. The summed E-state index contributed by atoms with van der Waals surface area (Å²) in [7, 11) is 0. The predicted octanol–water partition coefficient (Wildman–Crippen LogP) is 4.33. The second-order valence-electron chi connectivity index (χ2n) is 7.13. The Kier molecular flexibility index (Phi) is 5.85. The minimum absolute atomic E-state index is 0.175. The van der Waals surface area contributed by atoms with Crippen LogP contribution in [-0.4, -0.2) is 29.2 Å². The van der Waals surface area contributed by atoms with Gasteiger partial charge in [0.25, 0.3) is 5.91 Å². The number of piperidine rings is 1. The summed E-state index contributed by atoms with van der Waals surface area (Å²) < 4.78 is 0. The number of para-hydroxylation sites is 1. The smallest absolute Gasteiger partial charge is 0.276 e. The lowest BCUT2D eigenvalue weighted by atomic mass is 10.1. The van der Waals surface area contributed by atoms with Gasteiger partial charge in [-0.3, -0.25) is 4.79 Å². The van der Waals surface area contributed by atoms with Gasteiger partial charge in [-0.25, -0.2) is 0 Å². The molecule has 2 aromatic carbocycles. The van der Waals surface area contributed by atoms with Crippen LogP contribution in [0.25, 0.3) is 0 Å². The molecule has 0 unspecified atom stereocenters. The zero-order valence-corrected chi connectivity index (χ0v) is 16.5. The van der Waals surface area contributed by atoms with Crippen molar-refractivity contribution < 1.29 is 4.79 Å². The van der Waals surface area contributed by atoms with Gasteiger partial charge in [0.2, 0.25) is 0 Å². The topological polar surface area (TPSA) is 93.9 Å². The van der Waals surface area contributed by atoms with Crippen molar-refractivity contribution in [2.45, 2.75) is 19.3 Å². The lowest BCUT2D eigenvalue weighted by Crippen LogP contribution is -2.29. The second-order valence-corrected chi connectivity index (χ2v) is 7.13. The first-order valence-corrected chi connectivity index (χ1v) is 9.99. The van der Waals surface area contributed by atoms with E-state index in [9.17, 15) is 4.79 Å². The summed E-state index contributed by atoms with van der Waals surface area (Å²) in [4.78, 5) is 14.8. The molecule has 0 aliphatic carbocycles. The number of hydrogen-bond acceptors (Lipinski definition) is 6. The molecule has 0 bridgehead atoms. The van der Waals surface area contributed by atoms with E-state index in [0.29, 0.717) is 17.1 Å². The third kappa shape index (κ3) is 4.55. The maximum absolute atomic E-state index is 12.4. The standard InChI is InChI=1S/C23H22N6O/c24-16-17-6-2-3-7-20(17)26-23(30)21-12-13-22(28-27-21)25-18-8-10-19(11-9-18)29-14-4-1-5-15-29/h2-3,6-13H,1,4-5,14-15H2,(H,25,28)(H,26,30). The van der Waals surface area contributed by atoms with Crippen LogP contribution in [-0.2, 0) is 0 Å². The molecule has 1 fully saturated rings. The van der Waals surface area contributed by atoms with E-state index >= 15 is 0 Å². The summed E-state index contributed by atoms with van der Waals surface area (Å²) in [6.45, 7) is 2.22. The van der Waals surface area contributed by atoms with Crippen LogP contribution in [0, 0.1) is 11.3 Å². The molecule has 7 nitrogen and oxygen atoms in total. The number of nitrogens with one attached hydrogen (secondary N) is 2. The number of carbonyl (C=O) groups is 1. The van der Waals surface area contributed by atoms with Gasteiger partial charge in [0.05, 0.1) is 11.3 Å². The molecule has 1 aromatic heterocycles. The molecule has 0 saturated carbocycles. The largest absolute Gasteiger partial charge is 0.372 e. The molecule has 2 N–H and O–H groups in total. The number of anilines is 4. The van der Waals surface area contributed by atoms with Crippen molar-refractivity contribution in [3.63, 3.8) is 0 Å². The Hall–Kier alpha value is -3.92. The van der Waals surface area contributed by atoms with Crippen LogP contribution in [0.3, 0.4) is 0 Å². The number of aromatic nitrogens is 2. The van der Waals surface area contributed by atoms with E-state index in [-0.39, 0.29) is 5.69 Å². The van der Waals surface area contributed by atoms with Crippen molar-refractivity contribution >= 4 is 28.8 Å². The molecule has 1 aliphatic rings. The van der Waals surface area contributed by atoms with Crippen molar-refractivity contribution in [2.24, 2.45) is 0 Å². The van der Waals surface area contributed by atoms with Gasteiger partial charge in [-0.1, -0.05) is 12.1 Å². The Morgan fingerprint density at radius 3 is 2.40 bits per heavy atom. The fourth-order valence-electron chi connectivity index (χ4n) is 3.45. The van der Waals surface area contributed by atoms with Crippen molar-refractivity contribution in [3.8, 4) is 6.07 Å². The molecular formula is C23H22N6O. The molecule has 1 amide bonds. The van der Waals surface area contributed by atoms with E-state index in [1.54, 1.807) is 36.4 Å². The summed E-state index contributed by atoms with van der Waals surface area (Å²) in [5.41, 5.74) is 3.16. The molecule has 0 radical (unpaired) electrons. The lowest BCUT2D eigenvalue weighted by Gasteiger charge is -2.28. The van der Waals surface area contributed by atoms with Crippen LogP contribution in [0.1, 0.15) is 35.3 Å². The molecule has 3 aromatic rings. The summed E-state index contributed by atoms with van der Waals surface area (Å²) in [5.74, 6) is 0.136. The highest BCUT2D eigenvalue weighted by Gasteiger charge is 2.12. The van der Waals surface area contributed by atoms with Gasteiger partial charge >= 0.3 is 0 Å². The van der Waals surface area contributed by atoms with Gasteiger partial charge < -0.3 is 15.5 Å². The summed E-state index contributed by atoms with van der Waals surface area (Å²) in [6.07, 6.45) is 3.81. The number of hydrogen-bond donors (Lipinski definition) is 2. The Morgan fingerprint density at radius 2 is 1.70 bits per heavy atom. The SMILES string of the molecule is N#Cc1ccccc1NC(=O)c1ccc(Nc2ccc(N3CCCCC3)cc2)nn1. The van der Waals surface area contributed by atoms with Crippen LogP contribution >= 0.6 is 0 Å². The predicted molar refractivity (Wildman–Crippen MR) is 117 cm³/mol. The Balaban J connectivity index is 1.38. The van der Waals surface area contributed by atoms with Crippen molar-refractivity contribution in [1.82, 2.24) is 10.2 Å². The summed E-state index contributed by atoms with van der Waals surface area (Å²) >= 11 is 0. The lowest BCUT2D eigenvalue weighted by molar-refractivity contribution is 0.102. The van der Waals surface area contributed by atoms with E-state index < -0.39 is 5.91 Å². The number of nitriles is 1. The minimum Gasteiger partial charge on any atom is -0.372 e. The first kappa shape index (κ1) is 19.4. The zero-order valence-electron chi connectivity index (χ0n) is 16.5. The first-order chi connectivity index (χ1) is 14.7. The second kappa shape index (κ2) is 9.05. The van der Waals surface area contributed by atoms with Crippen LogP contribution < -0.4 is 15.5 Å². The van der Waals surface area contributed by atoms with Crippen molar-refractivity contribution in [2.75, 3.05) is 28.6 Å². The van der Waals surface area contributed by atoms with E-state index in [2.05, 4.69) is 37.9 Å². The highest BCUT2D eigenvalue weighted by atomic mass is 16.1. The molecule has 30 heavy (non-hydrogen) atoms. The molecular weight excluding hydrogens is 376 g/mol. The quantitative estimate of drug-likeness (QED) is 0.664. The van der Waals surface area contributed by atoms with Gasteiger partial charge in [-0.2, -0.15) is 5.26 Å². The molecule has 7 heteroatoms. The number of carbonyl (C=O) groups excluding carboxylic acids is 1. The van der Waals surface area contributed by atoms with Gasteiger partial charge in [-0.05, 0) is 67.8 Å². The van der Waals surface area contributed by atoms with E-state index in [1.807, 2.05) is 18.2 Å².